The maximum Gasteiger partial charge on any atom is 0.188 e. The number of hydrogen-bond acceptors (Lipinski definition) is 4. The molecule has 0 amide bonds. The van der Waals surface area contributed by atoms with Gasteiger partial charge in [-0.1, -0.05) is 54.1 Å². The molecule has 0 aliphatic heterocycles. The highest BCUT2D eigenvalue weighted by atomic mass is 32.1. The zero-order valence-electron chi connectivity index (χ0n) is 12.7. The Kier molecular flexibility index (Phi) is 3.52. The highest BCUT2D eigenvalue weighted by molar-refractivity contribution is 7.14. The van der Waals surface area contributed by atoms with Crippen molar-refractivity contribution >= 4 is 33.1 Å². The van der Waals surface area contributed by atoms with Gasteiger partial charge in [0.05, 0.1) is 5.69 Å². The van der Waals surface area contributed by atoms with E-state index in [2.05, 4.69) is 64.0 Å². The first-order chi connectivity index (χ1) is 11.3. The molecular formula is C19H15N3S. The minimum absolute atomic E-state index is 0.813. The molecule has 0 fully saturated rings. The summed E-state index contributed by atoms with van der Waals surface area (Å²) >= 11 is 1.59. The van der Waals surface area contributed by atoms with E-state index in [4.69, 9.17) is 0 Å². The smallest absolute Gasteiger partial charge is 0.188 e. The summed E-state index contributed by atoms with van der Waals surface area (Å²) in [6, 6.07) is 18.6. The van der Waals surface area contributed by atoms with E-state index in [1.165, 1.54) is 10.9 Å². The number of rotatable bonds is 3. The Hall–Kier alpha value is -2.72. The summed E-state index contributed by atoms with van der Waals surface area (Å²) in [6.45, 7) is 2.09. The van der Waals surface area contributed by atoms with E-state index in [1.54, 1.807) is 11.3 Å². The van der Waals surface area contributed by atoms with Crippen molar-refractivity contribution in [2.24, 2.45) is 0 Å². The summed E-state index contributed by atoms with van der Waals surface area (Å²) in [4.78, 5) is 9.10. The van der Waals surface area contributed by atoms with Gasteiger partial charge in [-0.05, 0) is 18.4 Å². The Bertz CT molecular complexity index is 958. The predicted molar refractivity (Wildman–Crippen MR) is 97.3 cm³/mol. The Morgan fingerprint density at radius 3 is 2.57 bits per heavy atom. The second-order valence-electron chi connectivity index (χ2n) is 5.45. The number of thiazole rings is 1. The minimum atomic E-state index is 0.813. The molecule has 0 spiro atoms. The molecule has 2 aromatic carbocycles. The van der Waals surface area contributed by atoms with Crippen LogP contribution < -0.4 is 5.32 Å². The number of nitrogens with one attached hydrogen (secondary N) is 1. The van der Waals surface area contributed by atoms with Gasteiger partial charge in [-0.15, -0.1) is 11.3 Å². The molecule has 0 atom stereocenters. The van der Waals surface area contributed by atoms with E-state index < -0.39 is 0 Å². The van der Waals surface area contributed by atoms with Crippen LogP contribution in [0.2, 0.25) is 0 Å². The third kappa shape index (κ3) is 2.94. The molecule has 4 rings (SSSR count). The summed E-state index contributed by atoms with van der Waals surface area (Å²) in [5, 5.41) is 8.51. The van der Waals surface area contributed by atoms with E-state index in [0.29, 0.717) is 0 Å². The van der Waals surface area contributed by atoms with Crippen LogP contribution in [0.3, 0.4) is 0 Å². The number of nitrogens with zero attached hydrogens (tertiary/aromatic N) is 2. The standard InChI is InChI=1S/C19H15N3S/c1-13-6-8-14(9-7-13)17-12-23-19(21-17)22-18-10-15-4-2-3-5-16(15)11-20-18/h2-12H,1H3,(H,20,21,22). The fourth-order valence-electron chi connectivity index (χ4n) is 2.45. The molecule has 112 valence electrons. The van der Waals surface area contributed by atoms with Crippen molar-refractivity contribution in [1.82, 2.24) is 9.97 Å². The molecule has 0 saturated heterocycles. The van der Waals surface area contributed by atoms with E-state index in [9.17, 15) is 0 Å². The van der Waals surface area contributed by atoms with Crippen molar-refractivity contribution in [1.29, 1.82) is 0 Å². The average molecular weight is 317 g/mol. The number of aryl methyl sites for hydroxylation is 1. The molecule has 0 aliphatic rings. The van der Waals surface area contributed by atoms with Crippen LogP contribution in [0.1, 0.15) is 5.56 Å². The lowest BCUT2D eigenvalue weighted by atomic mass is 10.1. The third-order valence-corrected chi connectivity index (χ3v) is 4.48. The van der Waals surface area contributed by atoms with Crippen molar-refractivity contribution in [3.8, 4) is 11.3 Å². The van der Waals surface area contributed by atoms with Crippen LogP contribution in [0.4, 0.5) is 10.9 Å². The molecule has 3 nitrogen and oxygen atoms in total. The van der Waals surface area contributed by atoms with Crippen LogP contribution >= 0.6 is 11.3 Å². The molecule has 0 radical (unpaired) electrons. The molecule has 4 aromatic rings. The van der Waals surface area contributed by atoms with Crippen molar-refractivity contribution < 1.29 is 0 Å². The van der Waals surface area contributed by atoms with Gasteiger partial charge in [-0.3, -0.25) is 0 Å². The first kappa shape index (κ1) is 13.9. The number of anilines is 2. The molecule has 1 N–H and O–H groups in total. The topological polar surface area (TPSA) is 37.8 Å². The van der Waals surface area contributed by atoms with Gasteiger partial charge in [-0.25, -0.2) is 9.97 Å². The Morgan fingerprint density at radius 1 is 0.957 bits per heavy atom. The van der Waals surface area contributed by atoms with Crippen molar-refractivity contribution in [3.63, 3.8) is 0 Å². The number of benzene rings is 2. The highest BCUT2D eigenvalue weighted by Gasteiger charge is 2.06. The maximum absolute atomic E-state index is 4.65. The summed E-state index contributed by atoms with van der Waals surface area (Å²) in [6.07, 6.45) is 1.88. The lowest BCUT2D eigenvalue weighted by molar-refractivity contribution is 1.31. The van der Waals surface area contributed by atoms with Gasteiger partial charge in [0.1, 0.15) is 5.82 Å². The zero-order valence-corrected chi connectivity index (χ0v) is 13.5. The summed E-state index contributed by atoms with van der Waals surface area (Å²) in [7, 11) is 0. The molecule has 0 bridgehead atoms. The normalized spacial score (nSPS) is 10.8. The minimum Gasteiger partial charge on any atom is -0.316 e. The van der Waals surface area contributed by atoms with Gasteiger partial charge in [-0.2, -0.15) is 0 Å². The molecule has 0 saturated carbocycles. The van der Waals surface area contributed by atoms with Gasteiger partial charge in [0, 0.05) is 22.5 Å². The van der Waals surface area contributed by atoms with Crippen molar-refractivity contribution in [2.75, 3.05) is 5.32 Å². The van der Waals surface area contributed by atoms with E-state index in [0.717, 1.165) is 27.6 Å². The predicted octanol–water partition coefficient (Wildman–Crippen LogP) is 5.41. The van der Waals surface area contributed by atoms with Crippen LogP contribution in [0, 0.1) is 6.92 Å². The average Bonchev–Trinajstić information content (AvgIpc) is 3.04. The van der Waals surface area contributed by atoms with Crippen molar-refractivity contribution in [3.05, 3.63) is 71.7 Å². The molecule has 23 heavy (non-hydrogen) atoms. The summed E-state index contributed by atoms with van der Waals surface area (Å²) in [5.41, 5.74) is 3.37. The quantitative estimate of drug-likeness (QED) is 0.549. The molecule has 0 unspecified atom stereocenters. The summed E-state index contributed by atoms with van der Waals surface area (Å²) < 4.78 is 0. The first-order valence-electron chi connectivity index (χ1n) is 7.42. The van der Waals surface area contributed by atoms with Gasteiger partial charge in [0.25, 0.3) is 0 Å². The zero-order chi connectivity index (χ0) is 15.6. The highest BCUT2D eigenvalue weighted by Crippen LogP contribution is 2.27. The Balaban J connectivity index is 1.60. The SMILES string of the molecule is Cc1ccc(-c2csc(Nc3cc4ccccc4cn3)n2)cc1. The van der Waals surface area contributed by atoms with Crippen LogP contribution in [0.15, 0.2) is 66.2 Å². The van der Waals surface area contributed by atoms with Crippen LogP contribution in [0.5, 0.6) is 0 Å². The van der Waals surface area contributed by atoms with Crippen LogP contribution in [-0.4, -0.2) is 9.97 Å². The second-order valence-corrected chi connectivity index (χ2v) is 6.30. The van der Waals surface area contributed by atoms with Crippen LogP contribution in [-0.2, 0) is 0 Å². The number of hydrogen-bond donors (Lipinski definition) is 1. The molecular weight excluding hydrogens is 302 g/mol. The fraction of sp³-hybridized carbons (Fsp3) is 0.0526. The van der Waals surface area contributed by atoms with Crippen molar-refractivity contribution in [2.45, 2.75) is 6.92 Å². The second kappa shape index (κ2) is 5.82. The van der Waals surface area contributed by atoms with Crippen LogP contribution in [0.25, 0.3) is 22.0 Å². The van der Waals surface area contributed by atoms with E-state index in [1.807, 2.05) is 24.4 Å². The molecule has 2 aromatic heterocycles. The largest absolute Gasteiger partial charge is 0.316 e. The monoisotopic (exact) mass is 317 g/mol. The third-order valence-electron chi connectivity index (χ3n) is 3.72. The lowest BCUT2D eigenvalue weighted by Gasteiger charge is -2.03. The Morgan fingerprint density at radius 2 is 1.74 bits per heavy atom. The molecule has 4 heteroatoms. The number of pyridine rings is 1. The maximum atomic E-state index is 4.65. The number of aromatic nitrogens is 2. The molecule has 2 heterocycles. The molecule has 0 aliphatic carbocycles. The van der Waals surface area contributed by atoms with Gasteiger partial charge >= 0.3 is 0 Å². The fourth-order valence-corrected chi connectivity index (χ4v) is 3.18. The van der Waals surface area contributed by atoms with Gasteiger partial charge in [0.15, 0.2) is 5.13 Å². The summed E-state index contributed by atoms with van der Waals surface area (Å²) in [5.74, 6) is 0.813. The lowest BCUT2D eigenvalue weighted by Crippen LogP contribution is -1.92. The van der Waals surface area contributed by atoms with Gasteiger partial charge in [0.2, 0.25) is 0 Å². The van der Waals surface area contributed by atoms with Gasteiger partial charge < -0.3 is 5.32 Å². The van der Waals surface area contributed by atoms with E-state index >= 15 is 0 Å². The first-order valence-corrected chi connectivity index (χ1v) is 8.30. The number of fused-ring (bicyclic) bond motifs is 1. The Labute approximate surface area is 138 Å². The van der Waals surface area contributed by atoms with E-state index in [-0.39, 0.29) is 0 Å².